The molecule has 0 unspecified atom stereocenters. The van der Waals surface area contributed by atoms with Gasteiger partial charge in [0.1, 0.15) is 17.4 Å². The summed E-state index contributed by atoms with van der Waals surface area (Å²) in [5.41, 5.74) is -5.87. The molecular formula is C20H27F3N2O6S. The maximum atomic E-state index is 12.8. The first kappa shape index (κ1) is 25.8. The number of halogens is 3. The Kier molecular flexibility index (Phi) is 8.02. The van der Waals surface area contributed by atoms with E-state index in [-0.39, 0.29) is 12.5 Å². The number of hydrogen-bond acceptors (Lipinski definition) is 6. The Morgan fingerprint density at radius 2 is 1.66 bits per heavy atom. The second-order valence-corrected chi connectivity index (χ2v) is 10.1. The number of nitrogens with one attached hydrogen (secondary N) is 2. The van der Waals surface area contributed by atoms with E-state index in [0.717, 1.165) is 37.8 Å². The first-order valence-electron chi connectivity index (χ1n) is 10.1. The molecule has 2 N–H and O–H groups in total. The molecule has 0 aromatic heterocycles. The van der Waals surface area contributed by atoms with Crippen LogP contribution in [0, 0.1) is 0 Å². The van der Waals surface area contributed by atoms with Crippen LogP contribution < -0.4 is 14.8 Å². The van der Waals surface area contributed by atoms with Crippen LogP contribution in [0.15, 0.2) is 24.3 Å². The lowest BCUT2D eigenvalue weighted by molar-refractivity contribution is -0.123. The lowest BCUT2D eigenvalue weighted by Gasteiger charge is -2.24. The number of carbonyl (C=O) groups excluding carboxylic acids is 2. The highest BCUT2D eigenvalue weighted by atomic mass is 32.2. The van der Waals surface area contributed by atoms with Gasteiger partial charge in [0.05, 0.1) is 0 Å². The Hall–Kier alpha value is -2.50. The number of carbonyl (C=O) groups is 2. The molecule has 1 aromatic carbocycles. The van der Waals surface area contributed by atoms with Gasteiger partial charge in [0, 0.05) is 12.5 Å². The number of rotatable bonds is 7. The zero-order chi connectivity index (χ0) is 24.2. The fraction of sp³-hybridized carbons (Fsp3) is 0.600. The zero-order valence-corrected chi connectivity index (χ0v) is 18.8. The second kappa shape index (κ2) is 9.97. The van der Waals surface area contributed by atoms with Gasteiger partial charge in [0.2, 0.25) is 5.91 Å². The smallest absolute Gasteiger partial charge is 0.444 e. The fourth-order valence-corrected chi connectivity index (χ4v) is 3.58. The minimum absolute atomic E-state index is 0.00406. The van der Waals surface area contributed by atoms with E-state index in [4.69, 9.17) is 4.74 Å². The van der Waals surface area contributed by atoms with Crippen molar-refractivity contribution in [3.05, 3.63) is 29.8 Å². The van der Waals surface area contributed by atoms with Crippen molar-refractivity contribution in [2.24, 2.45) is 0 Å². The van der Waals surface area contributed by atoms with Gasteiger partial charge in [-0.15, -0.1) is 0 Å². The number of ether oxygens (including phenoxy) is 1. The largest absolute Gasteiger partial charge is 0.534 e. The topological polar surface area (TPSA) is 111 Å². The van der Waals surface area contributed by atoms with Crippen LogP contribution in [0.25, 0.3) is 0 Å². The lowest BCUT2D eigenvalue weighted by atomic mass is 10.0. The van der Waals surface area contributed by atoms with Gasteiger partial charge in [-0.2, -0.15) is 21.6 Å². The molecule has 0 aliphatic heterocycles. The highest BCUT2D eigenvalue weighted by molar-refractivity contribution is 7.88. The number of hydrogen-bond donors (Lipinski definition) is 2. The zero-order valence-electron chi connectivity index (χ0n) is 18.0. The summed E-state index contributed by atoms with van der Waals surface area (Å²) >= 11 is 0. The molecule has 0 saturated heterocycles. The van der Waals surface area contributed by atoms with Crippen molar-refractivity contribution >= 4 is 22.1 Å². The average molecular weight is 481 g/mol. The van der Waals surface area contributed by atoms with Crippen LogP contribution in [0.3, 0.4) is 0 Å². The van der Waals surface area contributed by atoms with E-state index in [1.807, 2.05) is 0 Å². The van der Waals surface area contributed by atoms with E-state index < -0.39 is 45.0 Å². The standard InChI is InChI=1S/C20H27F3N2O6S/c1-19(2,3)30-18(27)25-16(17(26)24-14-6-4-5-7-14)12-13-8-10-15(11-9-13)31-32(28,29)20(21,22)23/h8-11,14,16H,4-7,12H2,1-3H3,(H,24,26)(H,25,27)/t16-/m0/s1. The molecule has 1 aliphatic carbocycles. The molecule has 0 radical (unpaired) electrons. The molecule has 1 saturated carbocycles. The molecular weight excluding hydrogens is 453 g/mol. The summed E-state index contributed by atoms with van der Waals surface area (Å²) in [7, 11) is -5.78. The van der Waals surface area contributed by atoms with Gasteiger partial charge >= 0.3 is 21.7 Å². The van der Waals surface area contributed by atoms with E-state index in [0.29, 0.717) is 5.56 Å². The molecule has 2 rings (SSSR count). The Morgan fingerprint density at radius 1 is 1.09 bits per heavy atom. The predicted molar refractivity (Wildman–Crippen MR) is 109 cm³/mol. The van der Waals surface area contributed by atoms with Gasteiger partial charge in [-0.25, -0.2) is 4.79 Å². The third-order valence-electron chi connectivity index (χ3n) is 4.56. The van der Waals surface area contributed by atoms with Crippen LogP contribution in [-0.2, 0) is 26.1 Å². The van der Waals surface area contributed by atoms with E-state index in [1.54, 1.807) is 20.8 Å². The van der Waals surface area contributed by atoms with Gasteiger partial charge in [-0.05, 0) is 51.3 Å². The van der Waals surface area contributed by atoms with Crippen LogP contribution in [0.2, 0.25) is 0 Å². The van der Waals surface area contributed by atoms with Crippen molar-refractivity contribution in [1.29, 1.82) is 0 Å². The maximum Gasteiger partial charge on any atom is 0.534 e. The molecule has 180 valence electrons. The SMILES string of the molecule is CC(C)(C)OC(=O)N[C@@H](Cc1ccc(OS(=O)(=O)C(F)(F)F)cc1)C(=O)NC1CCCC1. The van der Waals surface area contributed by atoms with Crippen molar-refractivity contribution in [2.75, 3.05) is 0 Å². The van der Waals surface area contributed by atoms with E-state index in [1.165, 1.54) is 12.1 Å². The molecule has 0 spiro atoms. The summed E-state index contributed by atoms with van der Waals surface area (Å²) < 4.78 is 68.9. The highest BCUT2D eigenvalue weighted by Crippen LogP contribution is 2.27. The van der Waals surface area contributed by atoms with Crippen LogP contribution in [-0.4, -0.2) is 43.6 Å². The number of amides is 2. The van der Waals surface area contributed by atoms with Crippen LogP contribution >= 0.6 is 0 Å². The molecule has 32 heavy (non-hydrogen) atoms. The summed E-state index contributed by atoms with van der Waals surface area (Å²) in [5.74, 6) is -0.944. The van der Waals surface area contributed by atoms with Gasteiger partial charge in [-0.3, -0.25) is 4.79 Å². The van der Waals surface area contributed by atoms with Crippen molar-refractivity contribution < 1.29 is 40.1 Å². The van der Waals surface area contributed by atoms with Crippen molar-refractivity contribution in [3.63, 3.8) is 0 Å². The van der Waals surface area contributed by atoms with Crippen molar-refractivity contribution in [1.82, 2.24) is 10.6 Å². The molecule has 2 amide bonds. The Balaban J connectivity index is 2.11. The minimum Gasteiger partial charge on any atom is -0.444 e. The normalized spacial score (nSPS) is 16.3. The number of alkyl halides is 3. The summed E-state index contributed by atoms with van der Waals surface area (Å²) in [6.45, 7) is 5.02. The Labute approximate surface area is 185 Å². The first-order valence-corrected chi connectivity index (χ1v) is 11.5. The summed E-state index contributed by atoms with van der Waals surface area (Å²) in [4.78, 5) is 25.0. The fourth-order valence-electron chi connectivity index (χ4n) is 3.12. The second-order valence-electron chi connectivity index (χ2n) is 8.52. The molecule has 1 atom stereocenters. The maximum absolute atomic E-state index is 12.8. The Bertz CT molecular complexity index is 905. The monoisotopic (exact) mass is 480 g/mol. The minimum atomic E-state index is -5.78. The third kappa shape index (κ3) is 7.88. The molecule has 8 nitrogen and oxygen atoms in total. The molecule has 1 aliphatic rings. The predicted octanol–water partition coefficient (Wildman–Crippen LogP) is 3.41. The molecule has 1 fully saturated rings. The summed E-state index contributed by atoms with van der Waals surface area (Å²) in [6, 6.07) is 3.71. The highest BCUT2D eigenvalue weighted by Gasteiger charge is 2.48. The molecule has 0 bridgehead atoms. The van der Waals surface area contributed by atoms with E-state index in [2.05, 4.69) is 14.8 Å². The van der Waals surface area contributed by atoms with Crippen LogP contribution in [0.4, 0.5) is 18.0 Å². The summed E-state index contributed by atoms with van der Waals surface area (Å²) in [5, 5.41) is 5.41. The Morgan fingerprint density at radius 3 is 2.16 bits per heavy atom. The van der Waals surface area contributed by atoms with Crippen molar-refractivity contribution in [3.8, 4) is 5.75 Å². The third-order valence-corrected chi connectivity index (χ3v) is 5.54. The van der Waals surface area contributed by atoms with Crippen LogP contribution in [0.1, 0.15) is 52.0 Å². The van der Waals surface area contributed by atoms with Gasteiger partial charge in [-0.1, -0.05) is 25.0 Å². The molecule has 0 heterocycles. The molecule has 1 aromatic rings. The van der Waals surface area contributed by atoms with E-state index in [9.17, 15) is 31.2 Å². The van der Waals surface area contributed by atoms with Gasteiger partial charge in [0.25, 0.3) is 0 Å². The molecule has 12 heteroatoms. The van der Waals surface area contributed by atoms with Gasteiger partial charge < -0.3 is 19.6 Å². The first-order chi connectivity index (χ1) is 14.7. The number of alkyl carbamates (subject to hydrolysis) is 1. The lowest BCUT2D eigenvalue weighted by Crippen LogP contribution is -2.51. The summed E-state index contributed by atoms with van der Waals surface area (Å²) in [6.07, 6.45) is 2.88. The van der Waals surface area contributed by atoms with Gasteiger partial charge in [0.15, 0.2) is 0 Å². The number of benzene rings is 1. The van der Waals surface area contributed by atoms with E-state index >= 15 is 0 Å². The average Bonchev–Trinajstić information content (AvgIpc) is 3.13. The van der Waals surface area contributed by atoms with Crippen LogP contribution in [0.5, 0.6) is 5.75 Å². The van der Waals surface area contributed by atoms with Crippen molar-refractivity contribution in [2.45, 2.75) is 76.1 Å². The quantitative estimate of drug-likeness (QED) is 0.457.